The largest absolute Gasteiger partial charge is 0.383 e. The summed E-state index contributed by atoms with van der Waals surface area (Å²) in [7, 11) is 1.73. The van der Waals surface area contributed by atoms with Crippen molar-refractivity contribution in [1.29, 1.82) is 0 Å². The number of rotatable bonds is 8. The van der Waals surface area contributed by atoms with E-state index in [1.54, 1.807) is 7.11 Å². The Labute approximate surface area is 109 Å². The molecule has 1 aromatic heterocycles. The zero-order chi connectivity index (χ0) is 12.8. The Morgan fingerprint density at radius 2 is 2.28 bits per heavy atom. The fourth-order valence-corrected chi connectivity index (χ4v) is 1.93. The summed E-state index contributed by atoms with van der Waals surface area (Å²) >= 11 is 0. The molecule has 1 aliphatic rings. The molecule has 0 saturated heterocycles. The van der Waals surface area contributed by atoms with Crippen LogP contribution in [-0.2, 0) is 11.3 Å². The Kier molecular flexibility index (Phi) is 4.90. The van der Waals surface area contributed by atoms with Gasteiger partial charge in [0.25, 0.3) is 0 Å². The third kappa shape index (κ3) is 3.65. The quantitative estimate of drug-likeness (QED) is 0.751. The molecule has 1 aliphatic carbocycles. The molecule has 5 nitrogen and oxygen atoms in total. The normalized spacial score (nSPS) is 14.8. The first-order chi connectivity index (χ1) is 8.85. The van der Waals surface area contributed by atoms with Crippen LogP contribution in [0, 0.1) is 0 Å². The van der Waals surface area contributed by atoms with Crippen LogP contribution in [-0.4, -0.2) is 42.8 Å². The lowest BCUT2D eigenvalue weighted by Gasteiger charge is -2.23. The first-order valence-corrected chi connectivity index (χ1v) is 6.62. The van der Waals surface area contributed by atoms with Crippen molar-refractivity contribution in [3.05, 3.63) is 18.1 Å². The highest BCUT2D eigenvalue weighted by Gasteiger charge is 2.29. The van der Waals surface area contributed by atoms with Crippen LogP contribution >= 0.6 is 0 Å². The van der Waals surface area contributed by atoms with Gasteiger partial charge >= 0.3 is 0 Å². The molecule has 2 rings (SSSR count). The fourth-order valence-electron chi connectivity index (χ4n) is 1.93. The molecule has 1 heterocycles. The van der Waals surface area contributed by atoms with E-state index < -0.39 is 0 Å². The molecule has 0 spiro atoms. The molecule has 1 aromatic rings. The first-order valence-electron chi connectivity index (χ1n) is 6.62. The summed E-state index contributed by atoms with van der Waals surface area (Å²) in [5.74, 6) is 0.977. The molecule has 18 heavy (non-hydrogen) atoms. The van der Waals surface area contributed by atoms with Gasteiger partial charge in [-0.05, 0) is 19.4 Å². The minimum atomic E-state index is 0.629. The Hall–Kier alpha value is -1.20. The first kappa shape index (κ1) is 13.2. The van der Waals surface area contributed by atoms with E-state index in [0.717, 1.165) is 37.8 Å². The Bertz CT molecular complexity index is 368. The van der Waals surface area contributed by atoms with E-state index in [-0.39, 0.29) is 0 Å². The number of methoxy groups -OCH3 is 1. The maximum absolute atomic E-state index is 5.16. The lowest BCUT2D eigenvalue weighted by molar-refractivity contribution is 0.204. The summed E-state index contributed by atoms with van der Waals surface area (Å²) in [4.78, 5) is 11.3. The Morgan fingerprint density at radius 3 is 2.94 bits per heavy atom. The SMILES string of the molecule is CCNCc1cncc(N(CCOC)C2CC2)n1. The van der Waals surface area contributed by atoms with Crippen molar-refractivity contribution in [2.24, 2.45) is 0 Å². The van der Waals surface area contributed by atoms with Crippen molar-refractivity contribution in [3.8, 4) is 0 Å². The van der Waals surface area contributed by atoms with Crippen LogP contribution in [0.15, 0.2) is 12.4 Å². The molecule has 1 N–H and O–H groups in total. The van der Waals surface area contributed by atoms with E-state index in [0.29, 0.717) is 6.04 Å². The molecule has 5 heteroatoms. The molecule has 1 fully saturated rings. The van der Waals surface area contributed by atoms with Crippen LogP contribution in [0.1, 0.15) is 25.5 Å². The Morgan fingerprint density at radius 1 is 1.44 bits per heavy atom. The Balaban J connectivity index is 2.03. The van der Waals surface area contributed by atoms with E-state index in [1.807, 2.05) is 12.4 Å². The number of ether oxygens (including phenoxy) is 1. The average Bonchev–Trinajstić information content (AvgIpc) is 3.22. The molecule has 0 radical (unpaired) electrons. The van der Waals surface area contributed by atoms with Gasteiger partial charge in [-0.3, -0.25) is 4.98 Å². The molecule has 0 amide bonds. The van der Waals surface area contributed by atoms with E-state index in [4.69, 9.17) is 4.74 Å². The zero-order valence-corrected chi connectivity index (χ0v) is 11.2. The summed E-state index contributed by atoms with van der Waals surface area (Å²) in [6.07, 6.45) is 6.18. The highest BCUT2D eigenvalue weighted by molar-refractivity contribution is 5.39. The highest BCUT2D eigenvalue weighted by Crippen LogP contribution is 2.30. The second-order valence-corrected chi connectivity index (χ2v) is 4.57. The second kappa shape index (κ2) is 6.66. The molecular formula is C13H22N4O. The van der Waals surface area contributed by atoms with Crippen molar-refractivity contribution in [2.75, 3.05) is 31.7 Å². The van der Waals surface area contributed by atoms with Gasteiger partial charge in [0.05, 0.1) is 18.5 Å². The molecule has 0 aliphatic heterocycles. The third-order valence-electron chi connectivity index (χ3n) is 3.05. The minimum absolute atomic E-state index is 0.629. The van der Waals surface area contributed by atoms with Crippen molar-refractivity contribution in [1.82, 2.24) is 15.3 Å². The van der Waals surface area contributed by atoms with Crippen molar-refractivity contribution < 1.29 is 4.74 Å². The van der Waals surface area contributed by atoms with Gasteiger partial charge in [0, 0.05) is 32.4 Å². The lowest BCUT2D eigenvalue weighted by atomic mass is 10.4. The zero-order valence-electron chi connectivity index (χ0n) is 11.2. The van der Waals surface area contributed by atoms with Crippen LogP contribution in [0.4, 0.5) is 5.82 Å². The smallest absolute Gasteiger partial charge is 0.147 e. The standard InChI is InChI=1S/C13H22N4O/c1-3-14-8-11-9-15-10-13(16-11)17(6-7-18-2)12-4-5-12/h9-10,12,14H,3-8H2,1-2H3. The number of hydrogen-bond acceptors (Lipinski definition) is 5. The minimum Gasteiger partial charge on any atom is -0.383 e. The molecule has 0 aromatic carbocycles. The summed E-state index contributed by atoms with van der Waals surface area (Å²) in [5, 5.41) is 3.27. The predicted octanol–water partition coefficient (Wildman–Crippen LogP) is 1.20. The van der Waals surface area contributed by atoms with E-state index in [1.165, 1.54) is 12.8 Å². The predicted molar refractivity (Wildman–Crippen MR) is 71.7 cm³/mol. The van der Waals surface area contributed by atoms with E-state index in [2.05, 4.69) is 27.1 Å². The van der Waals surface area contributed by atoms with Crippen LogP contribution in [0.3, 0.4) is 0 Å². The van der Waals surface area contributed by atoms with Crippen molar-refractivity contribution in [2.45, 2.75) is 32.4 Å². The van der Waals surface area contributed by atoms with E-state index in [9.17, 15) is 0 Å². The number of hydrogen-bond donors (Lipinski definition) is 1. The second-order valence-electron chi connectivity index (χ2n) is 4.57. The molecular weight excluding hydrogens is 228 g/mol. The topological polar surface area (TPSA) is 50.3 Å². The average molecular weight is 250 g/mol. The number of anilines is 1. The molecule has 0 bridgehead atoms. The molecule has 0 atom stereocenters. The summed E-state index contributed by atoms with van der Waals surface area (Å²) in [5.41, 5.74) is 0.998. The third-order valence-corrected chi connectivity index (χ3v) is 3.05. The van der Waals surface area contributed by atoms with Crippen molar-refractivity contribution in [3.63, 3.8) is 0 Å². The van der Waals surface area contributed by atoms with Crippen LogP contribution in [0.5, 0.6) is 0 Å². The van der Waals surface area contributed by atoms with Gasteiger partial charge < -0.3 is 15.0 Å². The maximum Gasteiger partial charge on any atom is 0.147 e. The van der Waals surface area contributed by atoms with Gasteiger partial charge in [0.2, 0.25) is 0 Å². The lowest BCUT2D eigenvalue weighted by Crippen LogP contribution is -2.30. The van der Waals surface area contributed by atoms with Crippen LogP contribution in [0.2, 0.25) is 0 Å². The van der Waals surface area contributed by atoms with Crippen molar-refractivity contribution >= 4 is 5.82 Å². The maximum atomic E-state index is 5.16. The summed E-state index contributed by atoms with van der Waals surface area (Å²) in [6, 6.07) is 0.629. The van der Waals surface area contributed by atoms with Gasteiger partial charge in [0.1, 0.15) is 5.82 Å². The monoisotopic (exact) mass is 250 g/mol. The van der Waals surface area contributed by atoms with Gasteiger partial charge in [-0.25, -0.2) is 4.98 Å². The van der Waals surface area contributed by atoms with Gasteiger partial charge in [0.15, 0.2) is 0 Å². The van der Waals surface area contributed by atoms with Crippen LogP contribution < -0.4 is 10.2 Å². The number of nitrogens with zero attached hydrogens (tertiary/aromatic N) is 3. The molecule has 1 saturated carbocycles. The summed E-state index contributed by atoms with van der Waals surface area (Å²) in [6.45, 7) is 5.44. The highest BCUT2D eigenvalue weighted by atomic mass is 16.5. The number of nitrogens with one attached hydrogen (secondary N) is 1. The number of aromatic nitrogens is 2. The van der Waals surface area contributed by atoms with E-state index >= 15 is 0 Å². The van der Waals surface area contributed by atoms with Crippen LogP contribution in [0.25, 0.3) is 0 Å². The summed E-state index contributed by atoms with van der Waals surface area (Å²) < 4.78 is 5.16. The van der Waals surface area contributed by atoms with Gasteiger partial charge in [-0.15, -0.1) is 0 Å². The van der Waals surface area contributed by atoms with Gasteiger partial charge in [-0.2, -0.15) is 0 Å². The molecule has 100 valence electrons. The fraction of sp³-hybridized carbons (Fsp3) is 0.692. The van der Waals surface area contributed by atoms with Gasteiger partial charge in [-0.1, -0.05) is 6.92 Å². The molecule has 0 unspecified atom stereocenters.